The highest BCUT2D eigenvalue weighted by Crippen LogP contribution is 2.48. The minimum Gasteiger partial charge on any atom is -0.371 e. The molecule has 0 amide bonds. The van der Waals surface area contributed by atoms with Crippen LogP contribution in [0.25, 0.3) is 0 Å². The zero-order chi connectivity index (χ0) is 13.1. The Morgan fingerprint density at radius 1 is 1.06 bits per heavy atom. The molecule has 1 aromatic carbocycles. The summed E-state index contributed by atoms with van der Waals surface area (Å²) in [6, 6.07) is 8.07. The number of rotatable bonds is 5. The molecule has 0 aliphatic rings. The van der Waals surface area contributed by atoms with Gasteiger partial charge in [0.05, 0.1) is 6.16 Å². The van der Waals surface area contributed by atoms with E-state index in [0.29, 0.717) is 5.69 Å². The molecule has 0 aromatic heterocycles. The largest absolute Gasteiger partial charge is 0.371 e. The lowest BCUT2D eigenvalue weighted by Gasteiger charge is -2.21. The molecule has 0 bridgehead atoms. The third-order valence-corrected chi connectivity index (χ3v) is 4.18. The number of benzene rings is 1. The van der Waals surface area contributed by atoms with Gasteiger partial charge in [0.1, 0.15) is 5.78 Å². The van der Waals surface area contributed by atoms with Crippen molar-refractivity contribution in [3.05, 3.63) is 30.3 Å². The first-order chi connectivity index (χ1) is 7.68. The predicted molar refractivity (Wildman–Crippen MR) is 62.8 cm³/mol. The maximum atomic E-state index is 11.1. The van der Waals surface area contributed by atoms with Gasteiger partial charge in [0.2, 0.25) is 0 Å². The van der Waals surface area contributed by atoms with Crippen molar-refractivity contribution in [2.45, 2.75) is 5.78 Å². The highest BCUT2D eigenvalue weighted by atomic mass is 31.2. The van der Waals surface area contributed by atoms with Crippen LogP contribution in [-0.4, -0.2) is 31.5 Å². The molecule has 1 aromatic rings. The molecule has 1 unspecified atom stereocenters. The number of hydrogen-bond donors (Lipinski definition) is 5. The van der Waals surface area contributed by atoms with E-state index >= 15 is 0 Å². The third kappa shape index (κ3) is 5.46. The third-order valence-electron chi connectivity index (χ3n) is 1.92. The lowest BCUT2D eigenvalue weighted by molar-refractivity contribution is 0.350. The van der Waals surface area contributed by atoms with Crippen molar-refractivity contribution in [3.8, 4) is 0 Å². The quantitative estimate of drug-likeness (QED) is 0.504. The van der Waals surface area contributed by atoms with Gasteiger partial charge in [0, 0.05) is 5.69 Å². The van der Waals surface area contributed by atoms with Gasteiger partial charge in [0.15, 0.2) is 0 Å². The van der Waals surface area contributed by atoms with Gasteiger partial charge in [0.25, 0.3) is 0 Å². The molecule has 0 aliphatic heterocycles. The van der Waals surface area contributed by atoms with E-state index in [-0.39, 0.29) is 0 Å². The van der Waals surface area contributed by atoms with E-state index in [4.69, 9.17) is 19.6 Å². The summed E-state index contributed by atoms with van der Waals surface area (Å²) in [5.74, 6) is -1.61. The molecule has 5 N–H and O–H groups in total. The minimum atomic E-state index is -4.64. The monoisotopic (exact) mass is 281 g/mol. The van der Waals surface area contributed by atoms with Crippen LogP contribution >= 0.6 is 15.2 Å². The fraction of sp³-hybridized carbons (Fsp3) is 0.250. The molecular formula is C8H13NO6P2. The van der Waals surface area contributed by atoms with E-state index in [9.17, 15) is 9.13 Å². The summed E-state index contributed by atoms with van der Waals surface area (Å²) in [6.45, 7) is 0. The standard InChI is InChI=1S/C8H13NO6P2/c10-16(11,12)6-8(17(13,14)15)9-7-4-2-1-3-5-7/h1-5,8-9H,6H2,(H2,10,11,12)(H2,13,14,15). The second-order valence-corrected chi connectivity index (χ2v) is 6.96. The fourth-order valence-corrected chi connectivity index (χ4v) is 3.54. The summed E-state index contributed by atoms with van der Waals surface area (Å²) >= 11 is 0. The van der Waals surface area contributed by atoms with E-state index in [0.717, 1.165) is 0 Å². The van der Waals surface area contributed by atoms with Gasteiger partial charge in [-0.15, -0.1) is 0 Å². The average Bonchev–Trinajstić information content (AvgIpc) is 2.15. The molecule has 0 aliphatic carbocycles. The van der Waals surface area contributed by atoms with Crippen LogP contribution in [0.3, 0.4) is 0 Å². The zero-order valence-corrected chi connectivity index (χ0v) is 10.5. The van der Waals surface area contributed by atoms with Crippen LogP contribution in [0, 0.1) is 0 Å². The predicted octanol–water partition coefficient (Wildman–Crippen LogP) is 0.780. The van der Waals surface area contributed by atoms with E-state index in [1.165, 1.54) is 0 Å². The van der Waals surface area contributed by atoms with Crippen LogP contribution in [0.2, 0.25) is 0 Å². The molecule has 0 radical (unpaired) electrons. The van der Waals surface area contributed by atoms with Crippen molar-refractivity contribution in [1.29, 1.82) is 0 Å². The van der Waals surface area contributed by atoms with Crippen LogP contribution in [0.1, 0.15) is 0 Å². The lowest BCUT2D eigenvalue weighted by atomic mass is 10.3. The van der Waals surface area contributed by atoms with Crippen LogP contribution in [0.15, 0.2) is 30.3 Å². The first kappa shape index (κ1) is 14.4. The Kier molecular flexibility index (Phi) is 4.49. The van der Waals surface area contributed by atoms with Gasteiger partial charge in [-0.1, -0.05) is 18.2 Å². The van der Waals surface area contributed by atoms with Gasteiger partial charge in [-0.2, -0.15) is 0 Å². The maximum Gasteiger partial charge on any atom is 0.348 e. The number of nitrogens with one attached hydrogen (secondary N) is 1. The average molecular weight is 281 g/mol. The summed E-state index contributed by atoms with van der Waals surface area (Å²) in [4.78, 5) is 35.5. The summed E-state index contributed by atoms with van der Waals surface area (Å²) in [5, 5.41) is 2.42. The first-order valence-corrected chi connectivity index (χ1v) is 8.08. The van der Waals surface area contributed by atoms with Gasteiger partial charge in [-0.3, -0.25) is 9.13 Å². The topological polar surface area (TPSA) is 127 Å². The fourth-order valence-electron chi connectivity index (χ4n) is 1.19. The van der Waals surface area contributed by atoms with E-state index < -0.39 is 27.1 Å². The van der Waals surface area contributed by atoms with E-state index in [1.807, 2.05) is 0 Å². The molecule has 0 spiro atoms. The molecule has 9 heteroatoms. The van der Waals surface area contributed by atoms with Crippen molar-refractivity contribution < 1.29 is 28.7 Å². The van der Waals surface area contributed by atoms with Crippen molar-refractivity contribution in [2.24, 2.45) is 0 Å². The second kappa shape index (κ2) is 5.31. The molecule has 17 heavy (non-hydrogen) atoms. The molecule has 0 heterocycles. The van der Waals surface area contributed by atoms with Crippen LogP contribution in [0.5, 0.6) is 0 Å². The highest BCUT2D eigenvalue weighted by molar-refractivity contribution is 7.56. The number of hydrogen-bond acceptors (Lipinski definition) is 3. The Hall–Kier alpha value is -0.680. The van der Waals surface area contributed by atoms with Gasteiger partial charge in [-0.05, 0) is 12.1 Å². The summed E-state index contributed by atoms with van der Waals surface area (Å²) < 4.78 is 21.9. The number of para-hydroxylation sites is 1. The Morgan fingerprint density at radius 2 is 1.59 bits per heavy atom. The summed E-state index contributed by atoms with van der Waals surface area (Å²) in [6.07, 6.45) is -0.924. The normalized spacial score (nSPS) is 14.4. The zero-order valence-electron chi connectivity index (χ0n) is 8.67. The Bertz CT molecular complexity index is 452. The van der Waals surface area contributed by atoms with Crippen molar-refractivity contribution in [3.63, 3.8) is 0 Å². The molecule has 96 valence electrons. The van der Waals surface area contributed by atoms with Crippen molar-refractivity contribution in [1.82, 2.24) is 0 Å². The summed E-state index contributed by atoms with van der Waals surface area (Å²) in [7, 11) is -9.15. The molecule has 0 saturated heterocycles. The summed E-state index contributed by atoms with van der Waals surface area (Å²) in [5.41, 5.74) is 0.384. The second-order valence-electron chi connectivity index (χ2n) is 3.46. The first-order valence-electron chi connectivity index (χ1n) is 4.60. The Morgan fingerprint density at radius 3 is 2.00 bits per heavy atom. The molecule has 0 fully saturated rings. The van der Waals surface area contributed by atoms with Gasteiger partial charge < -0.3 is 24.9 Å². The molecular weight excluding hydrogens is 268 g/mol. The lowest BCUT2D eigenvalue weighted by Crippen LogP contribution is -2.24. The maximum absolute atomic E-state index is 11.1. The van der Waals surface area contributed by atoms with E-state index in [2.05, 4.69) is 5.32 Å². The van der Waals surface area contributed by atoms with Crippen molar-refractivity contribution in [2.75, 3.05) is 11.5 Å². The van der Waals surface area contributed by atoms with Crippen LogP contribution in [-0.2, 0) is 9.13 Å². The smallest absolute Gasteiger partial charge is 0.348 e. The van der Waals surface area contributed by atoms with Gasteiger partial charge >= 0.3 is 15.2 Å². The SMILES string of the molecule is O=P(O)(O)CC(Nc1ccccc1)P(=O)(O)O. The Balaban J connectivity index is 2.86. The number of anilines is 1. The van der Waals surface area contributed by atoms with E-state index in [1.54, 1.807) is 30.3 Å². The van der Waals surface area contributed by atoms with Crippen molar-refractivity contribution >= 4 is 20.9 Å². The van der Waals surface area contributed by atoms with Crippen LogP contribution in [0.4, 0.5) is 5.69 Å². The molecule has 1 atom stereocenters. The minimum absolute atomic E-state index is 0.384. The van der Waals surface area contributed by atoms with Gasteiger partial charge in [-0.25, -0.2) is 0 Å². The highest BCUT2D eigenvalue weighted by Gasteiger charge is 2.34. The molecule has 1 rings (SSSR count). The molecule has 7 nitrogen and oxygen atoms in total. The molecule has 0 saturated carbocycles. The van der Waals surface area contributed by atoms with Crippen LogP contribution < -0.4 is 5.32 Å². The Labute approximate surface area is 97.8 Å².